The number of rotatable bonds is 6. The van der Waals surface area contributed by atoms with Crippen molar-refractivity contribution in [2.24, 2.45) is 5.73 Å². The molecular weight excluding hydrogens is 378 g/mol. The molecule has 0 spiro atoms. The number of hydrogen-bond donors (Lipinski definition) is 5. The summed E-state index contributed by atoms with van der Waals surface area (Å²) in [7, 11) is 0. The van der Waals surface area contributed by atoms with Gasteiger partial charge in [-0.05, 0) is 24.1 Å². The highest BCUT2D eigenvalue weighted by Gasteiger charge is 2.17. The third kappa shape index (κ3) is 4.40. The zero-order valence-electron chi connectivity index (χ0n) is 15.4. The molecule has 0 aliphatic heterocycles. The first-order valence-electron chi connectivity index (χ1n) is 8.58. The van der Waals surface area contributed by atoms with E-state index in [1.54, 1.807) is 19.3 Å². The number of anilines is 1. The minimum atomic E-state index is -0.832. The summed E-state index contributed by atoms with van der Waals surface area (Å²) in [6, 6.07) is 6.87. The van der Waals surface area contributed by atoms with Gasteiger partial charge in [-0.15, -0.1) is 0 Å². The largest absolute Gasteiger partial charge is 0.392 e. The Labute approximate surface area is 163 Å². The van der Waals surface area contributed by atoms with E-state index in [4.69, 9.17) is 11.5 Å². The second-order valence-electron chi connectivity index (χ2n) is 6.41. The summed E-state index contributed by atoms with van der Waals surface area (Å²) < 4.78 is 1.43. The van der Waals surface area contributed by atoms with Gasteiger partial charge in [0.05, 0.1) is 12.2 Å². The van der Waals surface area contributed by atoms with Crippen LogP contribution >= 0.6 is 0 Å². The van der Waals surface area contributed by atoms with E-state index in [1.807, 2.05) is 29.2 Å². The van der Waals surface area contributed by atoms with Crippen molar-refractivity contribution in [1.82, 2.24) is 25.1 Å². The topological polar surface area (TPSA) is 182 Å². The summed E-state index contributed by atoms with van der Waals surface area (Å²) in [6.07, 6.45) is 3.29. The molecule has 0 aliphatic rings. The van der Waals surface area contributed by atoms with Crippen molar-refractivity contribution < 1.29 is 9.59 Å². The van der Waals surface area contributed by atoms with Crippen molar-refractivity contribution in [1.29, 1.82) is 0 Å². The van der Waals surface area contributed by atoms with Gasteiger partial charge in [-0.25, -0.2) is 4.79 Å². The Morgan fingerprint density at radius 2 is 2.00 bits per heavy atom. The number of nitrogen functional groups attached to an aromatic ring is 1. The Bertz CT molecular complexity index is 1190. The summed E-state index contributed by atoms with van der Waals surface area (Å²) >= 11 is 0. The van der Waals surface area contributed by atoms with E-state index in [0.717, 1.165) is 16.7 Å². The minimum absolute atomic E-state index is 0.0258. The van der Waals surface area contributed by atoms with Crippen LogP contribution in [0.15, 0.2) is 46.2 Å². The fourth-order valence-corrected chi connectivity index (χ4v) is 2.77. The van der Waals surface area contributed by atoms with Gasteiger partial charge in [0.25, 0.3) is 11.5 Å². The SMILES string of the molecule is C[C@@H](NC(=O)c1[nH]c(=O)[nH]c(=O)c1N)c1cccc(-c2cnn(CC(N)=O)c2)c1. The predicted molar refractivity (Wildman–Crippen MR) is 105 cm³/mol. The van der Waals surface area contributed by atoms with Crippen LogP contribution in [-0.4, -0.2) is 31.6 Å². The normalized spacial score (nSPS) is 11.8. The monoisotopic (exact) mass is 397 g/mol. The van der Waals surface area contributed by atoms with Gasteiger partial charge in [-0.2, -0.15) is 5.10 Å². The number of H-pyrrole nitrogens is 2. The molecule has 2 amide bonds. The van der Waals surface area contributed by atoms with Crippen molar-refractivity contribution in [3.63, 3.8) is 0 Å². The molecule has 3 rings (SSSR count). The number of hydrogen-bond acceptors (Lipinski definition) is 6. The third-order valence-electron chi connectivity index (χ3n) is 4.23. The molecule has 0 aliphatic carbocycles. The van der Waals surface area contributed by atoms with E-state index >= 15 is 0 Å². The number of nitrogens with one attached hydrogen (secondary N) is 3. The molecule has 0 unspecified atom stereocenters. The maximum atomic E-state index is 12.4. The number of aromatic nitrogens is 4. The van der Waals surface area contributed by atoms with Crippen molar-refractivity contribution in [3.8, 4) is 11.1 Å². The Morgan fingerprint density at radius 1 is 1.24 bits per heavy atom. The van der Waals surface area contributed by atoms with Gasteiger partial charge in [0, 0.05) is 11.8 Å². The molecule has 0 saturated heterocycles. The van der Waals surface area contributed by atoms with E-state index in [0.29, 0.717) is 0 Å². The van der Waals surface area contributed by atoms with E-state index < -0.39 is 29.1 Å². The van der Waals surface area contributed by atoms with E-state index in [2.05, 4.69) is 15.4 Å². The number of carbonyl (C=O) groups is 2. The van der Waals surface area contributed by atoms with Crippen LogP contribution in [0.4, 0.5) is 5.69 Å². The van der Waals surface area contributed by atoms with Crippen LogP contribution < -0.4 is 28.0 Å². The van der Waals surface area contributed by atoms with Gasteiger partial charge in [-0.1, -0.05) is 18.2 Å². The highest BCUT2D eigenvalue weighted by atomic mass is 16.2. The number of aromatic amines is 2. The van der Waals surface area contributed by atoms with Crippen LogP contribution in [0, 0.1) is 0 Å². The Hall–Kier alpha value is -4.15. The lowest BCUT2D eigenvalue weighted by Gasteiger charge is -2.15. The standard InChI is InChI=1S/C18H19N7O4/c1-9(22-17(28)15-14(20)16(27)24-18(29)23-15)10-3-2-4-11(5-10)12-6-21-25(7-12)8-13(19)26/h2-7,9H,8,20H2,1H3,(H2,19,26)(H,22,28)(H2,23,24,27,29)/t9-/m1/s1. The Balaban J connectivity index is 1.81. The molecule has 2 aromatic heterocycles. The molecule has 7 N–H and O–H groups in total. The lowest BCUT2D eigenvalue weighted by atomic mass is 10.0. The van der Waals surface area contributed by atoms with Crippen molar-refractivity contribution >= 4 is 17.5 Å². The van der Waals surface area contributed by atoms with Crippen molar-refractivity contribution in [2.75, 3.05) is 5.73 Å². The van der Waals surface area contributed by atoms with E-state index in [1.165, 1.54) is 4.68 Å². The van der Waals surface area contributed by atoms with Crippen LogP contribution in [0.25, 0.3) is 11.1 Å². The molecule has 11 nitrogen and oxygen atoms in total. The molecule has 1 aromatic carbocycles. The molecule has 0 radical (unpaired) electrons. The fourth-order valence-electron chi connectivity index (χ4n) is 2.77. The zero-order chi connectivity index (χ0) is 21.1. The average molecular weight is 397 g/mol. The minimum Gasteiger partial charge on any atom is -0.392 e. The Kier molecular flexibility index (Phi) is 5.30. The maximum Gasteiger partial charge on any atom is 0.326 e. The van der Waals surface area contributed by atoms with Crippen LogP contribution in [0.5, 0.6) is 0 Å². The van der Waals surface area contributed by atoms with Crippen molar-refractivity contribution in [2.45, 2.75) is 19.5 Å². The fraction of sp³-hybridized carbons (Fsp3) is 0.167. The summed E-state index contributed by atoms with van der Waals surface area (Å²) in [5.41, 5.74) is 10.8. The quantitative estimate of drug-likeness (QED) is 0.373. The molecule has 2 heterocycles. The second kappa shape index (κ2) is 7.84. The summed E-state index contributed by atoms with van der Waals surface area (Å²) in [5, 5.41) is 6.78. The molecule has 29 heavy (non-hydrogen) atoms. The first kappa shape index (κ1) is 19.6. The second-order valence-corrected chi connectivity index (χ2v) is 6.41. The van der Waals surface area contributed by atoms with Gasteiger partial charge >= 0.3 is 5.69 Å². The Morgan fingerprint density at radius 3 is 2.72 bits per heavy atom. The van der Waals surface area contributed by atoms with E-state index in [-0.39, 0.29) is 17.9 Å². The first-order valence-corrected chi connectivity index (χ1v) is 8.58. The lowest BCUT2D eigenvalue weighted by Crippen LogP contribution is -2.34. The summed E-state index contributed by atoms with van der Waals surface area (Å²) in [4.78, 5) is 50.6. The number of carbonyl (C=O) groups excluding carboxylic acids is 2. The maximum absolute atomic E-state index is 12.4. The zero-order valence-corrected chi connectivity index (χ0v) is 15.4. The predicted octanol–water partition coefficient (Wildman–Crippen LogP) is -0.515. The van der Waals surface area contributed by atoms with Gasteiger partial charge in [-0.3, -0.25) is 24.0 Å². The molecule has 0 saturated carbocycles. The highest BCUT2D eigenvalue weighted by Crippen LogP contribution is 2.23. The molecule has 0 fully saturated rings. The summed E-state index contributed by atoms with van der Waals surface area (Å²) in [6.45, 7) is 1.72. The van der Waals surface area contributed by atoms with E-state index in [9.17, 15) is 19.2 Å². The average Bonchev–Trinajstić information content (AvgIpc) is 3.12. The third-order valence-corrected chi connectivity index (χ3v) is 4.23. The molecule has 0 bridgehead atoms. The lowest BCUT2D eigenvalue weighted by molar-refractivity contribution is -0.118. The van der Waals surface area contributed by atoms with Crippen LogP contribution in [-0.2, 0) is 11.3 Å². The van der Waals surface area contributed by atoms with Gasteiger partial charge in [0.2, 0.25) is 5.91 Å². The van der Waals surface area contributed by atoms with Crippen LogP contribution in [0.3, 0.4) is 0 Å². The van der Waals surface area contributed by atoms with Gasteiger partial charge in [0.1, 0.15) is 17.9 Å². The number of amides is 2. The van der Waals surface area contributed by atoms with Crippen molar-refractivity contribution in [3.05, 3.63) is 68.8 Å². The molecule has 1 atom stereocenters. The van der Waals surface area contributed by atoms with Gasteiger partial charge < -0.3 is 21.8 Å². The highest BCUT2D eigenvalue weighted by molar-refractivity contribution is 5.97. The molecule has 11 heteroatoms. The van der Waals surface area contributed by atoms with Crippen LogP contribution in [0.1, 0.15) is 29.0 Å². The molecule has 3 aromatic rings. The number of nitrogens with zero attached hydrogens (tertiary/aromatic N) is 2. The molecule has 150 valence electrons. The number of benzene rings is 1. The summed E-state index contributed by atoms with van der Waals surface area (Å²) in [5.74, 6) is -1.18. The van der Waals surface area contributed by atoms with Gasteiger partial charge in [0.15, 0.2) is 0 Å². The molecular formula is C18H19N7O4. The number of primary amides is 1. The smallest absolute Gasteiger partial charge is 0.326 e. The number of nitrogens with two attached hydrogens (primary N) is 2. The first-order chi connectivity index (χ1) is 13.7. The van der Waals surface area contributed by atoms with Crippen LogP contribution in [0.2, 0.25) is 0 Å².